The van der Waals surface area contributed by atoms with Crippen molar-refractivity contribution < 1.29 is 19.5 Å². The molecular weight excluding hydrogens is 370 g/mol. The maximum atomic E-state index is 12.8. The van der Waals surface area contributed by atoms with Gasteiger partial charge in [-0.05, 0) is 57.0 Å². The van der Waals surface area contributed by atoms with Crippen LogP contribution in [0.3, 0.4) is 0 Å². The van der Waals surface area contributed by atoms with Gasteiger partial charge < -0.3 is 20.3 Å². The first-order valence-corrected chi connectivity index (χ1v) is 9.96. The van der Waals surface area contributed by atoms with Gasteiger partial charge in [0.25, 0.3) is 11.8 Å². The first-order valence-electron chi connectivity index (χ1n) is 9.96. The highest BCUT2D eigenvalue weighted by Crippen LogP contribution is 2.32. The zero-order valence-electron chi connectivity index (χ0n) is 16.8. The van der Waals surface area contributed by atoms with Crippen LogP contribution < -0.4 is 10.6 Å². The van der Waals surface area contributed by atoms with E-state index in [0.29, 0.717) is 22.9 Å². The average molecular weight is 397 g/mol. The lowest BCUT2D eigenvalue weighted by atomic mass is 9.95. The van der Waals surface area contributed by atoms with Crippen molar-refractivity contribution in [2.75, 3.05) is 11.9 Å². The summed E-state index contributed by atoms with van der Waals surface area (Å²) in [6.07, 6.45) is 6.06. The number of carboxylic acids is 1. The van der Waals surface area contributed by atoms with Crippen molar-refractivity contribution in [2.45, 2.75) is 52.0 Å². The van der Waals surface area contributed by atoms with E-state index in [2.05, 4.69) is 15.2 Å². The summed E-state index contributed by atoms with van der Waals surface area (Å²) >= 11 is 0. The number of anilines is 1. The minimum Gasteiger partial charge on any atom is -0.480 e. The van der Waals surface area contributed by atoms with Crippen LogP contribution in [0.4, 0.5) is 5.69 Å². The van der Waals surface area contributed by atoms with Crippen molar-refractivity contribution >= 4 is 23.5 Å². The molecule has 0 bridgehead atoms. The predicted octanol–water partition coefficient (Wildman–Crippen LogP) is 3.68. The Morgan fingerprint density at radius 1 is 1.03 bits per heavy atom. The van der Waals surface area contributed by atoms with Gasteiger partial charge in [0, 0.05) is 28.7 Å². The van der Waals surface area contributed by atoms with Crippen LogP contribution >= 0.6 is 0 Å². The summed E-state index contributed by atoms with van der Waals surface area (Å²) in [5, 5.41) is 13.8. The molecule has 1 aromatic heterocycles. The van der Waals surface area contributed by atoms with Crippen molar-refractivity contribution in [3.8, 4) is 0 Å². The van der Waals surface area contributed by atoms with Gasteiger partial charge in [-0.3, -0.25) is 14.4 Å². The van der Waals surface area contributed by atoms with Gasteiger partial charge in [0.05, 0.1) is 5.56 Å². The Kier molecular flexibility index (Phi) is 6.36. The molecule has 1 aliphatic rings. The van der Waals surface area contributed by atoms with E-state index in [9.17, 15) is 14.4 Å². The maximum absolute atomic E-state index is 12.8. The third-order valence-electron chi connectivity index (χ3n) is 5.47. The second-order valence-electron chi connectivity index (χ2n) is 7.55. The standard InChI is InChI=1S/C22H27N3O4/c1-14-12-19(15(2)25(14)18-6-4-3-5-7-18)22(29)24-17-10-8-16(9-11-17)21(28)23-13-20(26)27/h8-12,18H,3-7,13H2,1-2H3,(H,23,28)(H,24,29)(H,26,27). The Labute approximate surface area is 170 Å². The van der Waals surface area contributed by atoms with E-state index < -0.39 is 18.4 Å². The molecule has 1 heterocycles. The van der Waals surface area contributed by atoms with E-state index in [4.69, 9.17) is 5.11 Å². The number of carboxylic acid groups (broad SMARTS) is 1. The lowest BCUT2D eigenvalue weighted by Gasteiger charge is -2.26. The molecule has 3 rings (SSSR count). The van der Waals surface area contributed by atoms with Crippen molar-refractivity contribution in [2.24, 2.45) is 0 Å². The molecule has 0 saturated heterocycles. The predicted molar refractivity (Wildman–Crippen MR) is 110 cm³/mol. The van der Waals surface area contributed by atoms with Gasteiger partial charge in [-0.15, -0.1) is 0 Å². The summed E-state index contributed by atoms with van der Waals surface area (Å²) in [5.74, 6) is -1.75. The normalized spacial score (nSPS) is 14.4. The number of carbonyl (C=O) groups is 3. The number of benzene rings is 1. The Bertz CT molecular complexity index is 909. The van der Waals surface area contributed by atoms with Crippen LogP contribution in [0.1, 0.15) is 70.2 Å². The summed E-state index contributed by atoms with van der Waals surface area (Å²) in [5.41, 5.74) is 3.66. The van der Waals surface area contributed by atoms with Gasteiger partial charge in [-0.25, -0.2) is 0 Å². The number of hydrogen-bond donors (Lipinski definition) is 3. The molecule has 2 aromatic rings. The van der Waals surface area contributed by atoms with Crippen molar-refractivity contribution in [1.29, 1.82) is 0 Å². The first kappa shape index (κ1) is 20.6. The first-order chi connectivity index (χ1) is 13.9. The number of nitrogens with zero attached hydrogens (tertiary/aromatic N) is 1. The van der Waals surface area contributed by atoms with Gasteiger partial charge in [0.1, 0.15) is 6.54 Å². The molecule has 1 aliphatic carbocycles. The van der Waals surface area contributed by atoms with Gasteiger partial charge in [0.2, 0.25) is 0 Å². The molecule has 0 radical (unpaired) electrons. The number of aliphatic carboxylic acids is 1. The molecule has 2 amide bonds. The molecule has 154 valence electrons. The van der Waals surface area contributed by atoms with Crippen LogP contribution in [-0.4, -0.2) is 34.0 Å². The second kappa shape index (κ2) is 8.94. The zero-order chi connectivity index (χ0) is 21.0. The number of aromatic nitrogens is 1. The summed E-state index contributed by atoms with van der Waals surface area (Å²) < 4.78 is 2.30. The minimum atomic E-state index is -1.10. The number of nitrogens with one attached hydrogen (secondary N) is 2. The number of hydrogen-bond acceptors (Lipinski definition) is 3. The highest BCUT2D eigenvalue weighted by Gasteiger charge is 2.22. The largest absolute Gasteiger partial charge is 0.480 e. The lowest BCUT2D eigenvalue weighted by molar-refractivity contribution is -0.135. The lowest BCUT2D eigenvalue weighted by Crippen LogP contribution is -2.29. The SMILES string of the molecule is Cc1cc(C(=O)Nc2ccc(C(=O)NCC(=O)O)cc2)c(C)n1C1CCCCC1. The Hall–Kier alpha value is -3.09. The molecule has 29 heavy (non-hydrogen) atoms. The fraction of sp³-hybridized carbons (Fsp3) is 0.409. The molecule has 0 atom stereocenters. The number of aryl methyl sites for hydroxylation is 1. The molecule has 3 N–H and O–H groups in total. The quantitative estimate of drug-likeness (QED) is 0.692. The van der Waals surface area contributed by atoms with E-state index in [0.717, 1.165) is 24.2 Å². The van der Waals surface area contributed by atoms with Crippen LogP contribution in [0, 0.1) is 13.8 Å². The fourth-order valence-electron chi connectivity index (χ4n) is 4.07. The summed E-state index contributed by atoms with van der Waals surface area (Å²) in [7, 11) is 0. The van der Waals surface area contributed by atoms with Crippen molar-refractivity contribution in [3.05, 3.63) is 52.8 Å². The topological polar surface area (TPSA) is 100 Å². The van der Waals surface area contributed by atoms with E-state index in [1.165, 1.54) is 19.3 Å². The summed E-state index contributed by atoms with van der Waals surface area (Å²) in [6, 6.07) is 8.78. The van der Waals surface area contributed by atoms with Gasteiger partial charge in [-0.1, -0.05) is 19.3 Å². The van der Waals surface area contributed by atoms with E-state index >= 15 is 0 Å². The van der Waals surface area contributed by atoms with Crippen LogP contribution in [0.15, 0.2) is 30.3 Å². The van der Waals surface area contributed by atoms with Gasteiger partial charge in [-0.2, -0.15) is 0 Å². The smallest absolute Gasteiger partial charge is 0.322 e. The second-order valence-corrected chi connectivity index (χ2v) is 7.55. The average Bonchev–Trinajstić information content (AvgIpc) is 3.01. The van der Waals surface area contributed by atoms with Crippen molar-refractivity contribution in [3.63, 3.8) is 0 Å². The third-order valence-corrected chi connectivity index (χ3v) is 5.47. The van der Waals surface area contributed by atoms with Crippen LogP contribution in [0.5, 0.6) is 0 Å². The van der Waals surface area contributed by atoms with E-state index in [-0.39, 0.29) is 5.91 Å². The highest BCUT2D eigenvalue weighted by molar-refractivity contribution is 6.05. The highest BCUT2D eigenvalue weighted by atomic mass is 16.4. The Balaban J connectivity index is 1.69. The third kappa shape index (κ3) is 4.85. The molecule has 1 aromatic carbocycles. The molecule has 7 heteroatoms. The molecular formula is C22H27N3O4. The number of carbonyl (C=O) groups excluding carboxylic acids is 2. The van der Waals surface area contributed by atoms with Crippen molar-refractivity contribution in [1.82, 2.24) is 9.88 Å². The summed E-state index contributed by atoms with van der Waals surface area (Å²) in [4.78, 5) is 35.2. The molecule has 0 spiro atoms. The van der Waals surface area contributed by atoms with E-state index in [1.54, 1.807) is 24.3 Å². The van der Waals surface area contributed by atoms with Crippen LogP contribution in [0.25, 0.3) is 0 Å². The van der Waals surface area contributed by atoms with Gasteiger partial charge >= 0.3 is 5.97 Å². The summed E-state index contributed by atoms with van der Waals surface area (Å²) in [6.45, 7) is 3.60. The fourth-order valence-corrected chi connectivity index (χ4v) is 4.07. The zero-order valence-corrected chi connectivity index (χ0v) is 16.8. The maximum Gasteiger partial charge on any atom is 0.322 e. The molecule has 0 aliphatic heterocycles. The van der Waals surface area contributed by atoms with Gasteiger partial charge in [0.15, 0.2) is 0 Å². The monoisotopic (exact) mass is 397 g/mol. The number of rotatable bonds is 6. The molecule has 1 saturated carbocycles. The number of amides is 2. The van der Waals surface area contributed by atoms with Crippen LogP contribution in [0.2, 0.25) is 0 Å². The van der Waals surface area contributed by atoms with Crippen LogP contribution in [-0.2, 0) is 4.79 Å². The molecule has 0 unspecified atom stereocenters. The molecule has 1 fully saturated rings. The Morgan fingerprint density at radius 2 is 1.69 bits per heavy atom. The van der Waals surface area contributed by atoms with E-state index in [1.807, 2.05) is 19.9 Å². The Morgan fingerprint density at radius 3 is 2.31 bits per heavy atom. The minimum absolute atomic E-state index is 0.178. The molecule has 7 nitrogen and oxygen atoms in total.